The molecule has 0 aliphatic carbocycles. The first-order valence-corrected chi connectivity index (χ1v) is 13.1. The van der Waals surface area contributed by atoms with E-state index >= 15 is 0 Å². The molecule has 0 unspecified atom stereocenters. The number of carbonyl (C=O) groups excluding carboxylic acids is 1. The number of fused-ring (bicyclic) bond motifs is 2. The molecule has 3 heterocycles. The maximum absolute atomic E-state index is 13.3. The van der Waals surface area contributed by atoms with Gasteiger partial charge < -0.3 is 24.6 Å². The van der Waals surface area contributed by atoms with Crippen molar-refractivity contribution < 1.29 is 24.5 Å². The summed E-state index contributed by atoms with van der Waals surface area (Å²) in [5.74, 6) is 1.10. The Morgan fingerprint density at radius 1 is 1.06 bits per heavy atom. The fourth-order valence-electron chi connectivity index (χ4n) is 5.55. The van der Waals surface area contributed by atoms with E-state index in [0.29, 0.717) is 43.3 Å². The average Bonchev–Trinajstić information content (AvgIpc) is 3.02. The van der Waals surface area contributed by atoms with E-state index in [4.69, 9.17) is 9.47 Å². The van der Waals surface area contributed by atoms with Gasteiger partial charge in [0.1, 0.15) is 24.2 Å². The highest BCUT2D eigenvalue weighted by atomic mass is 16.5. The van der Waals surface area contributed by atoms with Crippen molar-refractivity contribution in [3.8, 4) is 11.5 Å². The molecule has 8 heteroatoms. The van der Waals surface area contributed by atoms with Gasteiger partial charge >= 0.3 is 0 Å². The van der Waals surface area contributed by atoms with E-state index in [0.717, 1.165) is 45.4 Å². The van der Waals surface area contributed by atoms with Gasteiger partial charge in [-0.2, -0.15) is 0 Å². The van der Waals surface area contributed by atoms with E-state index in [9.17, 15) is 15.0 Å². The van der Waals surface area contributed by atoms with Crippen LogP contribution in [0.1, 0.15) is 34.3 Å². The number of rotatable bonds is 8. The van der Waals surface area contributed by atoms with Crippen LogP contribution >= 0.6 is 0 Å². The van der Waals surface area contributed by atoms with Crippen molar-refractivity contribution >= 4 is 5.91 Å². The Balaban J connectivity index is 1.18. The number of nitrogens with zero attached hydrogens (tertiary/aromatic N) is 3. The molecule has 0 saturated carbocycles. The Morgan fingerprint density at radius 3 is 2.78 bits per heavy atom. The maximum Gasteiger partial charge on any atom is 0.257 e. The molecule has 2 aromatic carbocycles. The van der Waals surface area contributed by atoms with Gasteiger partial charge in [-0.1, -0.05) is 24.3 Å². The van der Waals surface area contributed by atoms with Gasteiger partial charge in [0.15, 0.2) is 0 Å². The van der Waals surface area contributed by atoms with E-state index in [1.54, 1.807) is 11.0 Å². The molecule has 36 heavy (non-hydrogen) atoms. The third kappa shape index (κ3) is 6.00. The predicted octanol–water partition coefficient (Wildman–Crippen LogP) is 1.78. The molecule has 1 amide bonds. The molecule has 194 valence electrons. The molecule has 2 atom stereocenters. The minimum absolute atomic E-state index is 0.0539. The van der Waals surface area contributed by atoms with Crippen LogP contribution in [-0.2, 0) is 13.0 Å². The number of aliphatic hydroxyl groups is 2. The van der Waals surface area contributed by atoms with Gasteiger partial charge in [0.05, 0.1) is 24.8 Å². The number of aliphatic hydroxyl groups excluding tert-OH is 2. The van der Waals surface area contributed by atoms with Crippen LogP contribution in [0.25, 0.3) is 0 Å². The maximum atomic E-state index is 13.3. The molecule has 0 spiro atoms. The van der Waals surface area contributed by atoms with Crippen molar-refractivity contribution in [2.45, 2.75) is 38.0 Å². The molecule has 1 fully saturated rings. The standard InChI is InChI=1S/C28H37N3O5/c32-14-12-29-10-3-6-25(20-29)36-24-7-8-26-27(16-24)35-15-13-31(28(26)34)19-23(33)18-30-11-9-21-4-1-2-5-22(21)17-30/h1-2,4-5,7-8,16,23,25,32-33H,3,6,9-15,17-20H2/t23-,25-/m1/s1. The van der Waals surface area contributed by atoms with Gasteiger partial charge in [-0.3, -0.25) is 14.6 Å². The summed E-state index contributed by atoms with van der Waals surface area (Å²) < 4.78 is 12.1. The summed E-state index contributed by atoms with van der Waals surface area (Å²) >= 11 is 0. The first kappa shape index (κ1) is 25.0. The summed E-state index contributed by atoms with van der Waals surface area (Å²) in [5, 5.41) is 20.0. The lowest BCUT2D eigenvalue weighted by Crippen LogP contribution is -2.44. The van der Waals surface area contributed by atoms with E-state index in [1.165, 1.54) is 11.1 Å². The van der Waals surface area contributed by atoms with Crippen molar-refractivity contribution in [2.24, 2.45) is 0 Å². The molecule has 3 aliphatic rings. The number of benzene rings is 2. The average molecular weight is 496 g/mol. The Bertz CT molecular complexity index is 1050. The topological polar surface area (TPSA) is 85.7 Å². The van der Waals surface area contributed by atoms with Gasteiger partial charge in [0.2, 0.25) is 0 Å². The van der Waals surface area contributed by atoms with Crippen LogP contribution in [0.3, 0.4) is 0 Å². The van der Waals surface area contributed by atoms with E-state index < -0.39 is 6.10 Å². The first-order chi connectivity index (χ1) is 17.6. The third-order valence-corrected chi connectivity index (χ3v) is 7.38. The highest BCUT2D eigenvalue weighted by molar-refractivity contribution is 5.97. The van der Waals surface area contributed by atoms with Crippen molar-refractivity contribution in [1.29, 1.82) is 0 Å². The number of piperidine rings is 1. The minimum Gasteiger partial charge on any atom is -0.491 e. The molecule has 5 rings (SSSR count). The number of carbonyl (C=O) groups is 1. The summed E-state index contributed by atoms with van der Waals surface area (Å²) in [6, 6.07) is 13.9. The third-order valence-electron chi connectivity index (χ3n) is 7.38. The number of likely N-dealkylation sites (tertiary alicyclic amines) is 1. The van der Waals surface area contributed by atoms with Crippen molar-refractivity contribution in [1.82, 2.24) is 14.7 Å². The first-order valence-electron chi connectivity index (χ1n) is 13.1. The van der Waals surface area contributed by atoms with Gasteiger partial charge in [0, 0.05) is 45.3 Å². The molecule has 0 bridgehead atoms. The van der Waals surface area contributed by atoms with Gasteiger partial charge in [-0.15, -0.1) is 0 Å². The largest absolute Gasteiger partial charge is 0.491 e. The van der Waals surface area contributed by atoms with Crippen LogP contribution in [-0.4, -0.2) is 102 Å². The Hall–Kier alpha value is -2.65. The van der Waals surface area contributed by atoms with Crippen LogP contribution in [0.2, 0.25) is 0 Å². The molecular weight excluding hydrogens is 458 g/mol. The van der Waals surface area contributed by atoms with Crippen LogP contribution in [0, 0.1) is 0 Å². The van der Waals surface area contributed by atoms with E-state index in [-0.39, 0.29) is 25.2 Å². The zero-order chi connectivity index (χ0) is 24.9. The SMILES string of the molecule is O=C1c2ccc(O[C@@H]3CCCN(CCO)C3)cc2OCCN1C[C@H](O)CN1CCc2ccccc2C1. The van der Waals surface area contributed by atoms with Crippen molar-refractivity contribution in [2.75, 3.05) is 59.0 Å². The normalized spacial score (nSPS) is 21.8. The number of hydrogen-bond donors (Lipinski definition) is 2. The summed E-state index contributed by atoms with van der Waals surface area (Å²) in [4.78, 5) is 19.5. The smallest absolute Gasteiger partial charge is 0.257 e. The lowest BCUT2D eigenvalue weighted by Gasteiger charge is -2.32. The summed E-state index contributed by atoms with van der Waals surface area (Å²) in [6.07, 6.45) is 2.41. The van der Waals surface area contributed by atoms with Crippen LogP contribution in [0.5, 0.6) is 11.5 Å². The summed E-state index contributed by atoms with van der Waals surface area (Å²) in [7, 11) is 0. The number of hydrogen-bond acceptors (Lipinski definition) is 7. The number of β-amino-alcohol motifs (C(OH)–C–C–N with tert-alkyl or cyclic N) is 2. The molecule has 0 aromatic heterocycles. The van der Waals surface area contributed by atoms with Gasteiger partial charge in [-0.05, 0) is 49.1 Å². The molecule has 2 aromatic rings. The van der Waals surface area contributed by atoms with E-state index in [2.05, 4.69) is 34.1 Å². The second-order valence-corrected chi connectivity index (χ2v) is 10.1. The Kier molecular flexibility index (Phi) is 8.06. The summed E-state index contributed by atoms with van der Waals surface area (Å²) in [5.41, 5.74) is 3.20. The monoisotopic (exact) mass is 495 g/mol. The lowest BCUT2D eigenvalue weighted by atomic mass is 10.00. The van der Waals surface area contributed by atoms with Crippen molar-refractivity contribution in [3.63, 3.8) is 0 Å². The zero-order valence-corrected chi connectivity index (χ0v) is 20.8. The molecule has 1 saturated heterocycles. The van der Waals surface area contributed by atoms with Crippen molar-refractivity contribution in [3.05, 3.63) is 59.2 Å². The molecule has 0 radical (unpaired) electrons. The highest BCUT2D eigenvalue weighted by Gasteiger charge is 2.28. The predicted molar refractivity (Wildman–Crippen MR) is 136 cm³/mol. The van der Waals surface area contributed by atoms with Gasteiger partial charge in [0.25, 0.3) is 5.91 Å². The molecule has 8 nitrogen and oxygen atoms in total. The Morgan fingerprint density at radius 2 is 1.92 bits per heavy atom. The zero-order valence-electron chi connectivity index (χ0n) is 20.8. The quantitative estimate of drug-likeness (QED) is 0.577. The number of amides is 1. The van der Waals surface area contributed by atoms with E-state index in [1.807, 2.05) is 12.1 Å². The Labute approximate surface area is 213 Å². The van der Waals surface area contributed by atoms with Crippen LogP contribution in [0.15, 0.2) is 42.5 Å². The highest BCUT2D eigenvalue weighted by Crippen LogP contribution is 2.30. The number of ether oxygens (including phenoxy) is 2. The van der Waals surface area contributed by atoms with Gasteiger partial charge in [-0.25, -0.2) is 0 Å². The lowest BCUT2D eigenvalue weighted by molar-refractivity contribution is 0.0501. The van der Waals surface area contributed by atoms with Crippen LogP contribution in [0.4, 0.5) is 0 Å². The van der Waals surface area contributed by atoms with Crippen LogP contribution < -0.4 is 9.47 Å². The fourth-order valence-corrected chi connectivity index (χ4v) is 5.55. The second kappa shape index (κ2) is 11.6. The fraction of sp³-hybridized carbons (Fsp3) is 0.536. The molecular formula is C28H37N3O5. The summed E-state index contributed by atoms with van der Waals surface area (Å²) in [6.45, 7) is 5.94. The minimum atomic E-state index is -0.628. The molecule has 2 N–H and O–H groups in total. The molecule has 3 aliphatic heterocycles. The second-order valence-electron chi connectivity index (χ2n) is 10.1.